The lowest BCUT2D eigenvalue weighted by Crippen LogP contribution is -2.79. The van der Waals surface area contributed by atoms with Crippen molar-refractivity contribution in [3.63, 3.8) is 0 Å². The van der Waals surface area contributed by atoms with E-state index < -0.39 is 28.9 Å². The molecule has 2 aliphatic heterocycles. The summed E-state index contributed by atoms with van der Waals surface area (Å²) in [6.07, 6.45) is 2.72. The minimum Gasteiger partial charge on any atom is -0.504 e. The third-order valence-corrected chi connectivity index (χ3v) is 10.5. The van der Waals surface area contributed by atoms with E-state index in [1.165, 1.54) is 44.1 Å². The van der Waals surface area contributed by atoms with Crippen LogP contribution in [-0.4, -0.2) is 70.7 Å². The number of phenolic OH excluding ortho intramolecular Hbond substituents is 1. The van der Waals surface area contributed by atoms with Gasteiger partial charge in [-0.15, -0.1) is 0 Å². The highest BCUT2D eigenvalue weighted by molar-refractivity contribution is 5.92. The fourth-order valence-corrected chi connectivity index (χ4v) is 8.52. The number of benzene rings is 2. The average Bonchev–Trinajstić information content (AvgIpc) is 3.70. The molecule has 0 radical (unpaired) electrons. The van der Waals surface area contributed by atoms with Crippen molar-refractivity contribution >= 4 is 18.0 Å². The number of ether oxygens (including phenoxy) is 2. The highest BCUT2D eigenvalue weighted by Gasteiger charge is 2.75. The smallest absolute Gasteiger partial charge is 0.416 e. The van der Waals surface area contributed by atoms with Gasteiger partial charge in [0.1, 0.15) is 11.7 Å². The number of carbonyl (C=O) groups is 2. The lowest BCUT2D eigenvalue weighted by molar-refractivity contribution is -0.223. The second-order valence-corrected chi connectivity index (χ2v) is 12.9. The number of carbonyl (C=O) groups excluding carboxylic acids is 2. The fraction of sp³-hybridized carbons (Fsp3) is 0.515. The van der Waals surface area contributed by atoms with Crippen molar-refractivity contribution in [2.45, 2.75) is 80.8 Å². The summed E-state index contributed by atoms with van der Waals surface area (Å²) >= 11 is 0. The van der Waals surface area contributed by atoms with Crippen molar-refractivity contribution in [3.8, 4) is 11.5 Å². The number of phenols is 1. The lowest BCUT2D eigenvalue weighted by atomic mass is 9.48. The molecule has 1 spiro atoms. The van der Waals surface area contributed by atoms with Crippen LogP contribution in [0.3, 0.4) is 0 Å². The van der Waals surface area contributed by atoms with Crippen molar-refractivity contribution in [2.24, 2.45) is 5.92 Å². The van der Waals surface area contributed by atoms with Crippen LogP contribution in [0, 0.1) is 5.92 Å². The van der Waals surface area contributed by atoms with Crippen LogP contribution in [0.1, 0.15) is 61.3 Å². The molecule has 3 aliphatic carbocycles. The largest absolute Gasteiger partial charge is 0.504 e. The number of amides is 1. The molecule has 1 N–H and O–H groups in total. The van der Waals surface area contributed by atoms with E-state index in [9.17, 15) is 27.9 Å². The van der Waals surface area contributed by atoms with Crippen molar-refractivity contribution in [1.29, 1.82) is 0 Å². The van der Waals surface area contributed by atoms with E-state index in [0.29, 0.717) is 42.9 Å². The van der Waals surface area contributed by atoms with Crippen LogP contribution in [0.2, 0.25) is 0 Å². The number of rotatable bonds is 6. The van der Waals surface area contributed by atoms with E-state index in [2.05, 4.69) is 4.90 Å². The predicted octanol–water partition coefficient (Wildman–Crippen LogP) is 5.09. The minimum absolute atomic E-state index is 0.0352. The molecule has 2 aromatic rings. The number of nitrogens with zero attached hydrogens (tertiary/aromatic N) is 2. The second-order valence-electron chi connectivity index (χ2n) is 12.9. The number of hydrogen-bond donors (Lipinski definition) is 1. The summed E-state index contributed by atoms with van der Waals surface area (Å²) < 4.78 is 52.0. The third-order valence-electron chi connectivity index (χ3n) is 10.5. The maximum Gasteiger partial charge on any atom is 0.416 e. The Bertz CT molecular complexity index is 1500. The molecule has 43 heavy (non-hydrogen) atoms. The Kier molecular flexibility index (Phi) is 6.40. The number of hydrogen-bond acceptors (Lipinski definition) is 6. The number of alkyl halides is 3. The van der Waals surface area contributed by atoms with E-state index in [-0.39, 0.29) is 29.7 Å². The van der Waals surface area contributed by atoms with Crippen molar-refractivity contribution in [3.05, 3.63) is 64.7 Å². The minimum atomic E-state index is -4.43. The number of aromatic hydroxyl groups is 1. The Labute approximate surface area is 248 Å². The number of esters is 1. The number of halogens is 3. The number of piperidine rings is 1. The molecule has 5 aliphatic rings. The van der Waals surface area contributed by atoms with Crippen LogP contribution in [0.4, 0.5) is 13.2 Å². The topological polar surface area (TPSA) is 79.3 Å². The molecule has 10 heteroatoms. The zero-order valence-corrected chi connectivity index (χ0v) is 24.2. The molecule has 5 atom stereocenters. The van der Waals surface area contributed by atoms with Gasteiger partial charge in [0.2, 0.25) is 5.91 Å². The van der Waals surface area contributed by atoms with Gasteiger partial charge in [0, 0.05) is 32.2 Å². The second kappa shape index (κ2) is 9.74. The van der Waals surface area contributed by atoms with Gasteiger partial charge in [0.15, 0.2) is 11.5 Å². The van der Waals surface area contributed by atoms with Crippen molar-refractivity contribution in [1.82, 2.24) is 9.80 Å². The van der Waals surface area contributed by atoms with Crippen molar-refractivity contribution in [2.75, 3.05) is 20.1 Å². The Hall–Kier alpha value is -3.53. The highest BCUT2D eigenvalue weighted by atomic mass is 19.4. The monoisotopic (exact) mass is 596 g/mol. The molecule has 1 amide bonds. The Morgan fingerprint density at radius 1 is 1.14 bits per heavy atom. The van der Waals surface area contributed by atoms with E-state index in [1.54, 1.807) is 18.0 Å². The SMILES string of the molecule is CC(=O)O[C@@]12CC[C@H](N(C)C(=O)C=Cc3ccc(C(F)(F)F)cc3)[C@@H]3Oc4c(O)ccc5c4[C@@]31CCN(CC1CC1)[C@@H]2C5. The summed E-state index contributed by atoms with van der Waals surface area (Å²) in [7, 11) is 1.70. The predicted molar refractivity (Wildman–Crippen MR) is 151 cm³/mol. The summed E-state index contributed by atoms with van der Waals surface area (Å²) in [4.78, 5) is 30.4. The fourth-order valence-electron chi connectivity index (χ4n) is 8.52. The zero-order valence-electron chi connectivity index (χ0n) is 24.2. The summed E-state index contributed by atoms with van der Waals surface area (Å²) in [5.74, 6) is 0.446. The van der Waals surface area contributed by atoms with Gasteiger partial charge in [-0.05, 0) is 86.4 Å². The van der Waals surface area contributed by atoms with Gasteiger partial charge in [-0.25, -0.2) is 0 Å². The summed E-state index contributed by atoms with van der Waals surface area (Å²) in [6, 6.07) is 7.84. The lowest BCUT2D eigenvalue weighted by Gasteiger charge is -2.65. The van der Waals surface area contributed by atoms with Gasteiger partial charge < -0.3 is 19.5 Å². The van der Waals surface area contributed by atoms with Gasteiger partial charge in [0.05, 0.1) is 23.1 Å². The molecule has 2 saturated carbocycles. The number of likely N-dealkylation sites (tertiary alicyclic amines) is 1. The normalized spacial score (nSPS) is 31.0. The van der Waals surface area contributed by atoms with E-state index in [1.807, 2.05) is 6.07 Å². The maximum absolute atomic E-state index is 13.5. The zero-order chi connectivity index (χ0) is 30.3. The first kappa shape index (κ1) is 28.3. The van der Waals surface area contributed by atoms with Gasteiger partial charge in [-0.1, -0.05) is 18.2 Å². The highest BCUT2D eigenvalue weighted by Crippen LogP contribution is 2.67. The quantitative estimate of drug-likeness (QED) is 0.370. The van der Waals surface area contributed by atoms with Gasteiger partial charge in [0.25, 0.3) is 0 Å². The first-order valence-corrected chi connectivity index (χ1v) is 15.0. The molecule has 2 aromatic carbocycles. The molecular formula is C33H35F3N2O5. The first-order chi connectivity index (χ1) is 20.4. The molecule has 228 valence electrons. The average molecular weight is 597 g/mol. The van der Waals surface area contributed by atoms with Crippen LogP contribution >= 0.6 is 0 Å². The van der Waals surface area contributed by atoms with Gasteiger partial charge in [-0.2, -0.15) is 13.2 Å². The van der Waals surface area contributed by atoms with Gasteiger partial charge in [-0.3, -0.25) is 14.5 Å². The molecule has 7 nitrogen and oxygen atoms in total. The third kappa shape index (κ3) is 4.27. The molecule has 0 unspecified atom stereocenters. The summed E-state index contributed by atoms with van der Waals surface area (Å²) in [5.41, 5.74) is 0.120. The van der Waals surface area contributed by atoms with Crippen LogP contribution in [0.15, 0.2) is 42.5 Å². The Morgan fingerprint density at radius 2 is 1.88 bits per heavy atom. The van der Waals surface area contributed by atoms with Crippen LogP contribution in [0.5, 0.6) is 11.5 Å². The standard InChI is InChI=1S/C33H35F3N2O5/c1-19(39)43-32-14-13-24(37(2)27(41)12-7-20-5-9-23(10-6-20)33(34,35)36)30-31(32)15-16-38(18-21-3-4-21)26(32)17-22-8-11-25(40)29(42-30)28(22)31/h5-12,21,24,26,30,40H,3-4,13-18H2,1-2H3/t24-,26+,30-,31-,32+/m0/s1. The van der Waals surface area contributed by atoms with Crippen LogP contribution < -0.4 is 4.74 Å². The first-order valence-electron chi connectivity index (χ1n) is 15.0. The van der Waals surface area contributed by atoms with Crippen LogP contribution in [0.25, 0.3) is 6.08 Å². The molecule has 2 heterocycles. The Morgan fingerprint density at radius 3 is 2.56 bits per heavy atom. The maximum atomic E-state index is 13.5. The number of likely N-dealkylation sites (N-methyl/N-ethyl adjacent to an activating group) is 1. The molecule has 1 saturated heterocycles. The van der Waals surface area contributed by atoms with E-state index in [4.69, 9.17) is 9.47 Å². The Balaban J connectivity index is 1.24. The summed E-state index contributed by atoms with van der Waals surface area (Å²) in [5, 5.41) is 11.0. The van der Waals surface area contributed by atoms with E-state index >= 15 is 0 Å². The molecule has 0 aromatic heterocycles. The molecule has 3 fully saturated rings. The van der Waals surface area contributed by atoms with Crippen molar-refractivity contribution < 1.29 is 37.3 Å². The molecule has 2 bridgehead atoms. The summed E-state index contributed by atoms with van der Waals surface area (Å²) in [6.45, 7) is 3.22. The molecule has 7 rings (SSSR count). The molecular weight excluding hydrogens is 561 g/mol. The van der Waals surface area contributed by atoms with Crippen LogP contribution in [-0.2, 0) is 32.3 Å². The van der Waals surface area contributed by atoms with E-state index in [0.717, 1.165) is 36.3 Å². The van der Waals surface area contributed by atoms with Gasteiger partial charge >= 0.3 is 12.1 Å².